The van der Waals surface area contributed by atoms with Crippen molar-refractivity contribution in [3.05, 3.63) is 48.0 Å². The number of benzene rings is 2. The van der Waals surface area contributed by atoms with Crippen molar-refractivity contribution >= 4 is 22.7 Å². The van der Waals surface area contributed by atoms with Gasteiger partial charge in [-0.2, -0.15) is 5.10 Å². The van der Waals surface area contributed by atoms with E-state index in [-0.39, 0.29) is 0 Å². The summed E-state index contributed by atoms with van der Waals surface area (Å²) < 4.78 is 10.6. The Morgan fingerprint density at radius 1 is 1.13 bits per heavy atom. The van der Waals surface area contributed by atoms with E-state index in [0.717, 1.165) is 28.1 Å². The van der Waals surface area contributed by atoms with Gasteiger partial charge in [0.05, 0.1) is 31.0 Å². The SMILES string of the molecule is COc1ccc(/C(C)=N\Nc2nc3ccccc3[nH]2)c(OC)c1. The van der Waals surface area contributed by atoms with E-state index in [4.69, 9.17) is 9.47 Å². The number of fused-ring (bicyclic) bond motifs is 1. The van der Waals surface area contributed by atoms with Crippen molar-refractivity contribution in [3.8, 4) is 11.5 Å². The van der Waals surface area contributed by atoms with Crippen LogP contribution < -0.4 is 14.9 Å². The molecule has 0 aliphatic carbocycles. The molecule has 0 radical (unpaired) electrons. The van der Waals surface area contributed by atoms with Crippen LogP contribution in [0.2, 0.25) is 0 Å². The highest BCUT2D eigenvalue weighted by Crippen LogP contribution is 2.25. The van der Waals surface area contributed by atoms with E-state index in [1.165, 1.54) is 0 Å². The second kappa shape index (κ2) is 6.39. The van der Waals surface area contributed by atoms with Crippen molar-refractivity contribution in [2.45, 2.75) is 6.92 Å². The van der Waals surface area contributed by atoms with Crippen LogP contribution in [-0.4, -0.2) is 29.9 Å². The Morgan fingerprint density at radius 3 is 2.70 bits per heavy atom. The first-order chi connectivity index (χ1) is 11.2. The topological polar surface area (TPSA) is 71.5 Å². The lowest BCUT2D eigenvalue weighted by Crippen LogP contribution is -2.03. The molecule has 23 heavy (non-hydrogen) atoms. The van der Waals surface area contributed by atoms with Crippen LogP contribution in [0.1, 0.15) is 12.5 Å². The van der Waals surface area contributed by atoms with Crippen molar-refractivity contribution in [2.24, 2.45) is 5.10 Å². The number of hydrogen-bond acceptors (Lipinski definition) is 5. The predicted octanol–water partition coefficient (Wildman–Crippen LogP) is 3.42. The summed E-state index contributed by atoms with van der Waals surface area (Å²) >= 11 is 0. The maximum atomic E-state index is 5.40. The molecule has 0 unspecified atom stereocenters. The van der Waals surface area contributed by atoms with Crippen LogP contribution in [0, 0.1) is 0 Å². The molecular weight excluding hydrogens is 292 g/mol. The van der Waals surface area contributed by atoms with Crippen molar-refractivity contribution in [1.29, 1.82) is 0 Å². The van der Waals surface area contributed by atoms with Crippen LogP contribution in [0.15, 0.2) is 47.6 Å². The zero-order valence-electron chi connectivity index (χ0n) is 13.3. The standard InChI is InChI=1S/C17H18N4O2/c1-11(13-9-8-12(22-2)10-16(13)23-3)20-21-17-18-14-6-4-5-7-15(14)19-17/h4-10H,1-3H3,(H2,18,19,21)/b20-11-. The number of nitrogens with one attached hydrogen (secondary N) is 2. The van der Waals surface area contributed by atoms with E-state index in [9.17, 15) is 0 Å². The van der Waals surface area contributed by atoms with Gasteiger partial charge in [-0.1, -0.05) is 12.1 Å². The maximum absolute atomic E-state index is 5.40. The molecule has 6 nitrogen and oxygen atoms in total. The van der Waals surface area contributed by atoms with Crippen molar-refractivity contribution < 1.29 is 9.47 Å². The summed E-state index contributed by atoms with van der Waals surface area (Å²) in [5.74, 6) is 2.04. The van der Waals surface area contributed by atoms with Gasteiger partial charge in [-0.3, -0.25) is 0 Å². The Bertz CT molecular complexity index is 822. The number of aromatic nitrogens is 2. The number of anilines is 1. The monoisotopic (exact) mass is 310 g/mol. The van der Waals surface area contributed by atoms with Gasteiger partial charge >= 0.3 is 0 Å². The second-order valence-electron chi connectivity index (χ2n) is 4.98. The zero-order chi connectivity index (χ0) is 16.2. The van der Waals surface area contributed by atoms with Gasteiger partial charge in [-0.05, 0) is 31.2 Å². The molecule has 0 atom stereocenters. The van der Waals surface area contributed by atoms with Gasteiger partial charge in [-0.15, -0.1) is 0 Å². The molecule has 0 saturated carbocycles. The van der Waals surface area contributed by atoms with Gasteiger partial charge in [0.15, 0.2) is 0 Å². The highest BCUT2D eigenvalue weighted by Gasteiger charge is 2.08. The number of aromatic amines is 1. The molecule has 2 aromatic carbocycles. The second-order valence-corrected chi connectivity index (χ2v) is 4.98. The van der Waals surface area contributed by atoms with Crippen LogP contribution in [0.4, 0.5) is 5.95 Å². The van der Waals surface area contributed by atoms with E-state index >= 15 is 0 Å². The van der Waals surface area contributed by atoms with Gasteiger partial charge in [0.25, 0.3) is 0 Å². The molecule has 0 aliphatic rings. The Balaban J connectivity index is 1.84. The smallest absolute Gasteiger partial charge is 0.222 e. The van der Waals surface area contributed by atoms with E-state index in [0.29, 0.717) is 11.7 Å². The molecule has 0 aliphatic heterocycles. The molecule has 6 heteroatoms. The summed E-state index contributed by atoms with van der Waals surface area (Å²) in [6, 6.07) is 13.4. The Morgan fingerprint density at radius 2 is 1.96 bits per heavy atom. The van der Waals surface area contributed by atoms with E-state index < -0.39 is 0 Å². The summed E-state index contributed by atoms with van der Waals surface area (Å²) in [5, 5.41) is 4.38. The summed E-state index contributed by atoms with van der Waals surface area (Å²) in [4.78, 5) is 7.59. The predicted molar refractivity (Wildman–Crippen MR) is 91.5 cm³/mol. The minimum atomic E-state index is 0.595. The third-order valence-electron chi connectivity index (χ3n) is 3.52. The Kier molecular flexibility index (Phi) is 4.14. The summed E-state index contributed by atoms with van der Waals surface area (Å²) in [6.07, 6.45) is 0. The first kappa shape index (κ1) is 14.9. The van der Waals surface area contributed by atoms with E-state index in [1.807, 2.05) is 49.4 Å². The van der Waals surface area contributed by atoms with Crippen molar-refractivity contribution in [2.75, 3.05) is 19.6 Å². The fourth-order valence-corrected chi connectivity index (χ4v) is 2.30. The number of methoxy groups -OCH3 is 2. The highest BCUT2D eigenvalue weighted by atomic mass is 16.5. The fourth-order valence-electron chi connectivity index (χ4n) is 2.30. The van der Waals surface area contributed by atoms with E-state index in [2.05, 4.69) is 20.5 Å². The number of H-pyrrole nitrogens is 1. The van der Waals surface area contributed by atoms with Crippen molar-refractivity contribution in [1.82, 2.24) is 9.97 Å². The minimum Gasteiger partial charge on any atom is -0.497 e. The molecule has 0 fully saturated rings. The highest BCUT2D eigenvalue weighted by molar-refractivity contribution is 6.01. The normalized spacial score (nSPS) is 11.5. The molecule has 3 aromatic rings. The lowest BCUT2D eigenvalue weighted by molar-refractivity contribution is 0.394. The van der Waals surface area contributed by atoms with Crippen LogP contribution in [0.3, 0.4) is 0 Å². The van der Waals surface area contributed by atoms with Crippen LogP contribution in [-0.2, 0) is 0 Å². The number of hydrazone groups is 1. The molecule has 0 saturated heterocycles. The molecular formula is C17H18N4O2. The number of imidazole rings is 1. The fraction of sp³-hybridized carbons (Fsp3) is 0.176. The van der Waals surface area contributed by atoms with Gasteiger partial charge in [0.1, 0.15) is 11.5 Å². The molecule has 1 heterocycles. The van der Waals surface area contributed by atoms with Gasteiger partial charge in [-0.25, -0.2) is 10.4 Å². The largest absolute Gasteiger partial charge is 0.497 e. The first-order valence-electron chi connectivity index (χ1n) is 7.18. The van der Waals surface area contributed by atoms with Crippen LogP contribution in [0.25, 0.3) is 11.0 Å². The Labute approximate surface area is 134 Å². The lowest BCUT2D eigenvalue weighted by atomic mass is 10.1. The third-order valence-corrected chi connectivity index (χ3v) is 3.52. The zero-order valence-corrected chi connectivity index (χ0v) is 13.3. The minimum absolute atomic E-state index is 0.595. The molecule has 1 aromatic heterocycles. The molecule has 2 N–H and O–H groups in total. The molecule has 0 bridgehead atoms. The van der Waals surface area contributed by atoms with Crippen LogP contribution >= 0.6 is 0 Å². The summed E-state index contributed by atoms with van der Waals surface area (Å²) in [7, 11) is 3.25. The lowest BCUT2D eigenvalue weighted by Gasteiger charge is -2.10. The van der Waals surface area contributed by atoms with E-state index in [1.54, 1.807) is 14.2 Å². The quantitative estimate of drug-likeness (QED) is 0.559. The average Bonchev–Trinajstić information content (AvgIpc) is 3.02. The number of ether oxygens (including phenoxy) is 2. The third kappa shape index (κ3) is 3.11. The molecule has 0 spiro atoms. The van der Waals surface area contributed by atoms with Gasteiger partial charge in [0.2, 0.25) is 5.95 Å². The average molecular weight is 310 g/mol. The van der Waals surface area contributed by atoms with Gasteiger partial charge < -0.3 is 14.5 Å². The number of hydrogen-bond donors (Lipinski definition) is 2. The maximum Gasteiger partial charge on any atom is 0.222 e. The Hall–Kier alpha value is -3.02. The number of rotatable bonds is 5. The van der Waals surface area contributed by atoms with Crippen LogP contribution in [0.5, 0.6) is 11.5 Å². The molecule has 118 valence electrons. The van der Waals surface area contributed by atoms with Gasteiger partial charge in [0, 0.05) is 11.6 Å². The summed E-state index contributed by atoms with van der Waals surface area (Å²) in [6.45, 7) is 1.90. The molecule has 3 rings (SSSR count). The number of para-hydroxylation sites is 2. The first-order valence-corrected chi connectivity index (χ1v) is 7.18. The molecule has 0 amide bonds. The number of nitrogens with zero attached hydrogens (tertiary/aromatic N) is 2. The summed E-state index contributed by atoms with van der Waals surface area (Å²) in [5.41, 5.74) is 6.47. The van der Waals surface area contributed by atoms with Crippen molar-refractivity contribution in [3.63, 3.8) is 0 Å².